The molecule has 20 heavy (non-hydrogen) atoms. The van der Waals surface area contributed by atoms with Crippen LogP contribution in [-0.2, 0) is 4.74 Å². The third-order valence-corrected chi connectivity index (χ3v) is 4.97. The first-order valence-electron chi connectivity index (χ1n) is 7.97. The molecular formula is C15H24N4O. The van der Waals surface area contributed by atoms with Crippen LogP contribution in [0.1, 0.15) is 43.3 Å². The van der Waals surface area contributed by atoms with Gasteiger partial charge in [0.05, 0.1) is 30.6 Å². The van der Waals surface area contributed by atoms with Gasteiger partial charge in [-0.15, -0.1) is 0 Å². The molecule has 0 amide bonds. The highest BCUT2D eigenvalue weighted by Crippen LogP contribution is 2.45. The quantitative estimate of drug-likeness (QED) is 0.905. The number of ether oxygens (including phenoxy) is 1. The van der Waals surface area contributed by atoms with E-state index in [2.05, 4.69) is 15.8 Å². The fourth-order valence-corrected chi connectivity index (χ4v) is 3.39. The minimum Gasteiger partial charge on any atom is -0.378 e. The largest absolute Gasteiger partial charge is 0.378 e. The van der Waals surface area contributed by atoms with Crippen LogP contribution < -0.4 is 10.6 Å². The van der Waals surface area contributed by atoms with Crippen molar-refractivity contribution >= 4 is 5.69 Å². The van der Waals surface area contributed by atoms with Gasteiger partial charge in [0.2, 0.25) is 0 Å². The minimum absolute atomic E-state index is 0.579. The molecule has 0 spiro atoms. The molecule has 1 aromatic heterocycles. The molecule has 110 valence electrons. The highest BCUT2D eigenvalue weighted by molar-refractivity contribution is 5.52. The molecule has 2 N–H and O–H groups in total. The number of anilines is 1. The molecule has 2 saturated carbocycles. The van der Waals surface area contributed by atoms with Crippen LogP contribution in [0.3, 0.4) is 0 Å². The van der Waals surface area contributed by atoms with Gasteiger partial charge in [-0.3, -0.25) is 4.68 Å². The standard InChI is InChI=1S/C15H24N4O/c16-9-11-7-13(8-11)19-10-14(15(17-19)12-1-2-12)18-3-5-20-6-4-18/h10-13H,1-9,16H2/t11-,13-. The van der Waals surface area contributed by atoms with Crippen LogP contribution >= 0.6 is 0 Å². The second kappa shape index (κ2) is 5.04. The van der Waals surface area contributed by atoms with E-state index >= 15 is 0 Å². The molecule has 0 unspecified atom stereocenters. The van der Waals surface area contributed by atoms with E-state index in [1.807, 2.05) is 0 Å². The van der Waals surface area contributed by atoms with Crippen molar-refractivity contribution in [3.63, 3.8) is 0 Å². The zero-order valence-corrected chi connectivity index (χ0v) is 12.0. The molecule has 1 aromatic rings. The van der Waals surface area contributed by atoms with E-state index in [1.165, 1.54) is 37.1 Å². The van der Waals surface area contributed by atoms with Crippen LogP contribution in [-0.4, -0.2) is 42.6 Å². The first kappa shape index (κ1) is 12.7. The Morgan fingerprint density at radius 2 is 2.00 bits per heavy atom. The Morgan fingerprint density at radius 3 is 2.65 bits per heavy atom. The van der Waals surface area contributed by atoms with Crippen molar-refractivity contribution in [3.8, 4) is 0 Å². The summed E-state index contributed by atoms with van der Waals surface area (Å²) in [6.45, 7) is 4.51. The number of rotatable bonds is 4. The fourth-order valence-electron chi connectivity index (χ4n) is 3.39. The monoisotopic (exact) mass is 276 g/mol. The van der Waals surface area contributed by atoms with Crippen LogP contribution in [0, 0.1) is 5.92 Å². The van der Waals surface area contributed by atoms with Crippen molar-refractivity contribution in [1.82, 2.24) is 9.78 Å². The van der Waals surface area contributed by atoms with E-state index in [1.54, 1.807) is 0 Å². The summed E-state index contributed by atoms with van der Waals surface area (Å²) >= 11 is 0. The van der Waals surface area contributed by atoms with Crippen molar-refractivity contribution in [2.75, 3.05) is 37.7 Å². The maximum Gasteiger partial charge on any atom is 0.0888 e. The molecule has 5 nitrogen and oxygen atoms in total. The maximum absolute atomic E-state index is 5.73. The summed E-state index contributed by atoms with van der Waals surface area (Å²) in [5.41, 5.74) is 8.44. The van der Waals surface area contributed by atoms with Gasteiger partial charge in [0, 0.05) is 25.2 Å². The third-order valence-electron chi connectivity index (χ3n) is 4.97. The predicted molar refractivity (Wildman–Crippen MR) is 78.0 cm³/mol. The van der Waals surface area contributed by atoms with Crippen LogP contribution in [0.4, 0.5) is 5.69 Å². The van der Waals surface area contributed by atoms with Crippen molar-refractivity contribution in [2.45, 2.75) is 37.6 Å². The van der Waals surface area contributed by atoms with Crippen molar-refractivity contribution < 1.29 is 4.74 Å². The summed E-state index contributed by atoms with van der Waals surface area (Å²) < 4.78 is 7.70. The lowest BCUT2D eigenvalue weighted by molar-refractivity contribution is 0.122. The summed E-state index contributed by atoms with van der Waals surface area (Å²) in [5, 5.41) is 4.93. The maximum atomic E-state index is 5.73. The van der Waals surface area contributed by atoms with Gasteiger partial charge >= 0.3 is 0 Å². The second-order valence-electron chi connectivity index (χ2n) is 6.48. The van der Waals surface area contributed by atoms with Crippen LogP contribution in [0.5, 0.6) is 0 Å². The molecule has 2 aliphatic carbocycles. The summed E-state index contributed by atoms with van der Waals surface area (Å²) in [6, 6.07) is 0.579. The molecule has 2 heterocycles. The SMILES string of the molecule is NC[C@H]1C[C@H](n2cc(N3CCOCC3)c(C3CC3)n2)C1. The van der Waals surface area contributed by atoms with Gasteiger partial charge in [0.25, 0.3) is 0 Å². The highest BCUT2D eigenvalue weighted by atomic mass is 16.5. The van der Waals surface area contributed by atoms with E-state index in [-0.39, 0.29) is 0 Å². The van der Waals surface area contributed by atoms with E-state index in [9.17, 15) is 0 Å². The van der Waals surface area contributed by atoms with E-state index in [4.69, 9.17) is 15.6 Å². The van der Waals surface area contributed by atoms with Gasteiger partial charge in [-0.1, -0.05) is 0 Å². The molecular weight excluding hydrogens is 252 g/mol. The third kappa shape index (κ3) is 2.23. The molecule has 1 aliphatic heterocycles. The summed E-state index contributed by atoms with van der Waals surface area (Å²) in [4.78, 5) is 2.46. The van der Waals surface area contributed by atoms with Gasteiger partial charge in [-0.25, -0.2) is 0 Å². The van der Waals surface area contributed by atoms with Gasteiger partial charge in [0.15, 0.2) is 0 Å². The first-order chi connectivity index (χ1) is 9.85. The Morgan fingerprint density at radius 1 is 1.25 bits per heavy atom. The number of aromatic nitrogens is 2. The molecule has 5 heteroatoms. The zero-order valence-electron chi connectivity index (χ0n) is 12.0. The van der Waals surface area contributed by atoms with Crippen LogP contribution in [0.15, 0.2) is 6.20 Å². The predicted octanol–water partition coefficient (Wildman–Crippen LogP) is 1.51. The zero-order chi connectivity index (χ0) is 13.5. The van der Waals surface area contributed by atoms with Gasteiger partial charge in [0.1, 0.15) is 0 Å². The number of hydrogen-bond donors (Lipinski definition) is 1. The summed E-state index contributed by atoms with van der Waals surface area (Å²) in [5.74, 6) is 1.42. The Hall–Kier alpha value is -1.07. The van der Waals surface area contributed by atoms with Crippen molar-refractivity contribution in [2.24, 2.45) is 11.7 Å². The van der Waals surface area contributed by atoms with Crippen LogP contribution in [0.25, 0.3) is 0 Å². The number of nitrogens with zero attached hydrogens (tertiary/aromatic N) is 3. The molecule has 0 aromatic carbocycles. The van der Waals surface area contributed by atoms with Gasteiger partial charge in [-0.2, -0.15) is 5.10 Å². The van der Waals surface area contributed by atoms with Gasteiger partial charge < -0.3 is 15.4 Å². The first-order valence-corrected chi connectivity index (χ1v) is 7.97. The van der Waals surface area contributed by atoms with E-state index < -0.39 is 0 Å². The number of hydrogen-bond acceptors (Lipinski definition) is 4. The molecule has 3 aliphatic rings. The summed E-state index contributed by atoms with van der Waals surface area (Å²) in [6.07, 6.45) is 7.31. The second-order valence-corrected chi connectivity index (χ2v) is 6.48. The Labute approximate surface area is 120 Å². The molecule has 0 radical (unpaired) electrons. The molecule has 3 fully saturated rings. The molecule has 4 rings (SSSR count). The van der Waals surface area contributed by atoms with E-state index in [0.717, 1.165) is 32.8 Å². The van der Waals surface area contributed by atoms with Crippen molar-refractivity contribution in [1.29, 1.82) is 0 Å². The molecule has 0 bridgehead atoms. The molecule has 1 saturated heterocycles. The normalized spacial score (nSPS) is 30.4. The lowest BCUT2D eigenvalue weighted by Crippen LogP contribution is -2.36. The molecule has 0 atom stereocenters. The summed E-state index contributed by atoms with van der Waals surface area (Å²) in [7, 11) is 0. The lowest BCUT2D eigenvalue weighted by atomic mass is 9.80. The number of nitrogens with two attached hydrogens (primary N) is 1. The fraction of sp³-hybridized carbons (Fsp3) is 0.800. The smallest absolute Gasteiger partial charge is 0.0888 e. The average molecular weight is 276 g/mol. The lowest BCUT2D eigenvalue weighted by Gasteiger charge is -2.34. The highest BCUT2D eigenvalue weighted by Gasteiger charge is 2.35. The Kier molecular flexibility index (Phi) is 3.19. The topological polar surface area (TPSA) is 56.3 Å². The van der Waals surface area contributed by atoms with Crippen molar-refractivity contribution in [3.05, 3.63) is 11.9 Å². The average Bonchev–Trinajstić information content (AvgIpc) is 3.19. The van der Waals surface area contributed by atoms with Crippen LogP contribution in [0.2, 0.25) is 0 Å². The van der Waals surface area contributed by atoms with Gasteiger partial charge in [-0.05, 0) is 38.1 Å². The minimum atomic E-state index is 0.579. The Bertz CT molecular complexity index is 470. The number of morpholine rings is 1. The Balaban J connectivity index is 1.55. The van der Waals surface area contributed by atoms with E-state index in [0.29, 0.717) is 17.9 Å².